The molecule has 0 spiro atoms. The molecule has 128 valence electrons. The number of Topliss-reactive ketones (excluding diaryl/α,β-unsaturated/α-hetero) is 1. The van der Waals surface area contributed by atoms with Crippen LogP contribution in [0.1, 0.15) is 50.6 Å². The van der Waals surface area contributed by atoms with Crippen LogP contribution in [0.15, 0.2) is 24.3 Å². The second-order valence-electron chi connectivity index (χ2n) is 5.69. The molecule has 0 saturated carbocycles. The second kappa shape index (κ2) is 7.64. The van der Waals surface area contributed by atoms with E-state index < -0.39 is 5.97 Å². The van der Waals surface area contributed by atoms with Gasteiger partial charge < -0.3 is 15.0 Å². The molecule has 0 aliphatic heterocycles. The molecule has 0 radical (unpaired) electrons. The lowest BCUT2D eigenvalue weighted by atomic mass is 10.1. The van der Waals surface area contributed by atoms with Gasteiger partial charge in [0, 0.05) is 16.8 Å². The molecule has 0 amide bonds. The smallest absolute Gasteiger partial charge is 0.339 e. The number of hydrogen-bond acceptors (Lipinski definition) is 4. The van der Waals surface area contributed by atoms with Gasteiger partial charge in [-0.2, -0.15) is 0 Å². The Bertz CT molecular complexity index is 750. The van der Waals surface area contributed by atoms with Gasteiger partial charge in [0.1, 0.15) is 0 Å². The number of ether oxygens (including phenoxy) is 1. The number of ketones is 1. The van der Waals surface area contributed by atoms with Crippen molar-refractivity contribution in [3.8, 4) is 0 Å². The van der Waals surface area contributed by atoms with Crippen LogP contribution in [0.3, 0.4) is 0 Å². The van der Waals surface area contributed by atoms with Gasteiger partial charge in [0.05, 0.1) is 24.9 Å². The second-order valence-corrected chi connectivity index (χ2v) is 6.13. The van der Waals surface area contributed by atoms with Crippen molar-refractivity contribution in [2.75, 3.05) is 13.7 Å². The molecule has 0 saturated heterocycles. The summed E-state index contributed by atoms with van der Waals surface area (Å²) >= 11 is 5.88. The summed E-state index contributed by atoms with van der Waals surface area (Å²) < 4.78 is 4.76. The highest BCUT2D eigenvalue weighted by Gasteiger charge is 2.22. The quantitative estimate of drug-likeness (QED) is 0.618. The van der Waals surface area contributed by atoms with Gasteiger partial charge in [0.25, 0.3) is 0 Å². The van der Waals surface area contributed by atoms with E-state index in [2.05, 4.69) is 10.3 Å². The van der Waals surface area contributed by atoms with Crippen molar-refractivity contribution >= 4 is 23.4 Å². The van der Waals surface area contributed by atoms with E-state index in [1.165, 1.54) is 7.11 Å². The van der Waals surface area contributed by atoms with Crippen LogP contribution in [-0.4, -0.2) is 30.4 Å². The van der Waals surface area contributed by atoms with E-state index in [4.69, 9.17) is 16.3 Å². The Morgan fingerprint density at radius 1 is 1.25 bits per heavy atom. The third kappa shape index (κ3) is 3.86. The molecular formula is C18H21ClN2O3. The lowest BCUT2D eigenvalue weighted by Crippen LogP contribution is -2.26. The molecule has 0 aliphatic carbocycles. The van der Waals surface area contributed by atoms with Crippen LogP contribution in [0, 0.1) is 13.8 Å². The molecule has 1 atom stereocenters. The summed E-state index contributed by atoms with van der Waals surface area (Å²) in [5, 5.41) is 3.86. The number of nitrogens with one attached hydrogen (secondary N) is 2. The minimum Gasteiger partial charge on any atom is -0.465 e. The van der Waals surface area contributed by atoms with E-state index in [1.54, 1.807) is 13.8 Å². The zero-order valence-corrected chi connectivity index (χ0v) is 15.0. The van der Waals surface area contributed by atoms with Crippen LogP contribution in [0.4, 0.5) is 0 Å². The third-order valence-corrected chi connectivity index (χ3v) is 4.30. The molecule has 0 unspecified atom stereocenters. The molecule has 2 N–H and O–H groups in total. The van der Waals surface area contributed by atoms with Gasteiger partial charge >= 0.3 is 5.97 Å². The number of H-pyrrole nitrogens is 1. The first-order valence-electron chi connectivity index (χ1n) is 7.64. The number of carbonyl (C=O) groups excluding carboxylic acids is 2. The standard InChI is InChI=1S/C18H21ClN2O3/c1-10-16(18(23)24-4)12(3)21-17(10)15(22)9-20-11(2)13-5-7-14(19)8-6-13/h5-8,11,20-21H,9H2,1-4H3/t11-/m1/s1. The number of aromatic amines is 1. The number of benzene rings is 1. The van der Waals surface area contributed by atoms with Crippen LogP contribution >= 0.6 is 11.6 Å². The van der Waals surface area contributed by atoms with Gasteiger partial charge in [0.15, 0.2) is 5.78 Å². The Morgan fingerprint density at radius 3 is 2.46 bits per heavy atom. The van der Waals surface area contributed by atoms with Crippen LogP contribution in [0.5, 0.6) is 0 Å². The third-order valence-electron chi connectivity index (χ3n) is 4.04. The van der Waals surface area contributed by atoms with Crippen molar-refractivity contribution < 1.29 is 14.3 Å². The zero-order chi connectivity index (χ0) is 17.9. The average Bonchev–Trinajstić information content (AvgIpc) is 2.87. The van der Waals surface area contributed by atoms with Gasteiger partial charge in [-0.3, -0.25) is 4.79 Å². The van der Waals surface area contributed by atoms with Crippen LogP contribution < -0.4 is 5.32 Å². The number of halogens is 1. The number of carbonyl (C=O) groups is 2. The molecule has 1 heterocycles. The van der Waals surface area contributed by atoms with Crippen molar-refractivity contribution in [1.29, 1.82) is 0 Å². The average molecular weight is 349 g/mol. The molecule has 6 heteroatoms. The topological polar surface area (TPSA) is 71.2 Å². The van der Waals surface area contributed by atoms with Crippen LogP contribution in [0.25, 0.3) is 0 Å². The fourth-order valence-corrected chi connectivity index (χ4v) is 2.77. The van der Waals surface area contributed by atoms with Gasteiger partial charge in [-0.05, 0) is 44.0 Å². The molecule has 24 heavy (non-hydrogen) atoms. The van der Waals surface area contributed by atoms with Crippen molar-refractivity contribution in [3.63, 3.8) is 0 Å². The zero-order valence-electron chi connectivity index (χ0n) is 14.2. The molecule has 0 aliphatic rings. The molecular weight excluding hydrogens is 328 g/mol. The molecule has 2 aromatic rings. The molecule has 1 aromatic heterocycles. The first-order valence-corrected chi connectivity index (χ1v) is 8.02. The fraction of sp³-hybridized carbons (Fsp3) is 0.333. The maximum Gasteiger partial charge on any atom is 0.339 e. The predicted molar refractivity (Wildman–Crippen MR) is 93.8 cm³/mol. The van der Waals surface area contributed by atoms with E-state index >= 15 is 0 Å². The first-order chi connectivity index (χ1) is 11.3. The summed E-state index contributed by atoms with van der Waals surface area (Å²) in [6, 6.07) is 7.48. The summed E-state index contributed by atoms with van der Waals surface area (Å²) in [5.41, 5.74) is 3.15. The highest BCUT2D eigenvalue weighted by Crippen LogP contribution is 2.20. The predicted octanol–water partition coefficient (Wildman–Crippen LogP) is 3.61. The lowest BCUT2D eigenvalue weighted by Gasteiger charge is -2.13. The Balaban J connectivity index is 2.08. The summed E-state index contributed by atoms with van der Waals surface area (Å²) in [5.74, 6) is -0.547. The van der Waals surface area contributed by atoms with Gasteiger partial charge in [-0.1, -0.05) is 23.7 Å². The summed E-state index contributed by atoms with van der Waals surface area (Å²) in [6.45, 7) is 5.62. The van der Waals surface area contributed by atoms with Gasteiger partial charge in [-0.15, -0.1) is 0 Å². The van der Waals surface area contributed by atoms with Gasteiger partial charge in [-0.25, -0.2) is 4.79 Å². The minimum atomic E-state index is -0.442. The summed E-state index contributed by atoms with van der Waals surface area (Å²) in [6.07, 6.45) is 0. The van der Waals surface area contributed by atoms with Crippen LogP contribution in [-0.2, 0) is 4.74 Å². The van der Waals surface area contributed by atoms with Gasteiger partial charge in [0.2, 0.25) is 0 Å². The highest BCUT2D eigenvalue weighted by atomic mass is 35.5. The number of aromatic nitrogens is 1. The highest BCUT2D eigenvalue weighted by molar-refractivity contribution is 6.30. The lowest BCUT2D eigenvalue weighted by molar-refractivity contribution is 0.0599. The molecule has 5 nitrogen and oxygen atoms in total. The Hall–Kier alpha value is -2.11. The van der Waals surface area contributed by atoms with E-state index in [0.29, 0.717) is 27.5 Å². The Labute approximate surface area is 146 Å². The first kappa shape index (κ1) is 18.2. The van der Waals surface area contributed by atoms with Crippen molar-refractivity contribution in [1.82, 2.24) is 10.3 Å². The largest absolute Gasteiger partial charge is 0.465 e. The maximum absolute atomic E-state index is 12.5. The molecule has 0 bridgehead atoms. The van der Waals surface area contributed by atoms with E-state index in [1.807, 2.05) is 31.2 Å². The summed E-state index contributed by atoms with van der Waals surface area (Å²) in [7, 11) is 1.32. The molecule has 0 fully saturated rings. The monoisotopic (exact) mass is 348 g/mol. The molecule has 2 rings (SSSR count). The van der Waals surface area contributed by atoms with E-state index in [0.717, 1.165) is 5.56 Å². The number of rotatable bonds is 6. The fourth-order valence-electron chi connectivity index (χ4n) is 2.64. The van der Waals surface area contributed by atoms with Crippen molar-refractivity contribution in [2.45, 2.75) is 26.8 Å². The normalized spacial score (nSPS) is 12.0. The van der Waals surface area contributed by atoms with E-state index in [9.17, 15) is 9.59 Å². The minimum absolute atomic E-state index is 0.00246. The van der Waals surface area contributed by atoms with E-state index in [-0.39, 0.29) is 18.4 Å². The Morgan fingerprint density at radius 2 is 1.88 bits per heavy atom. The SMILES string of the molecule is COC(=O)c1c(C)[nH]c(C(=O)CN[C@H](C)c2ccc(Cl)cc2)c1C. The van der Waals surface area contributed by atoms with Crippen LogP contribution in [0.2, 0.25) is 5.02 Å². The number of esters is 1. The summed E-state index contributed by atoms with van der Waals surface area (Å²) in [4.78, 5) is 27.2. The van der Waals surface area contributed by atoms with Crippen molar-refractivity contribution in [3.05, 3.63) is 57.4 Å². The number of methoxy groups -OCH3 is 1. The van der Waals surface area contributed by atoms with Crippen molar-refractivity contribution in [2.24, 2.45) is 0 Å². The number of hydrogen-bond donors (Lipinski definition) is 2. The number of aryl methyl sites for hydroxylation is 1. The Kier molecular flexibility index (Phi) is 5.80. The maximum atomic E-state index is 12.5. The molecule has 1 aromatic carbocycles.